The topological polar surface area (TPSA) is 98.5 Å². The van der Waals surface area contributed by atoms with Crippen molar-refractivity contribution < 1.29 is 18.8 Å². The maximum Gasteiger partial charge on any atom is 0.315 e. The summed E-state index contributed by atoms with van der Waals surface area (Å²) in [6.45, 7) is 15.0. The highest BCUT2D eigenvalue weighted by Crippen LogP contribution is 2.50. The van der Waals surface area contributed by atoms with Crippen LogP contribution in [-0.4, -0.2) is 38.1 Å². The van der Waals surface area contributed by atoms with Crippen LogP contribution in [0.1, 0.15) is 71.6 Å². The molecule has 0 radical (unpaired) electrons. The minimum absolute atomic E-state index is 0.0273. The van der Waals surface area contributed by atoms with Crippen LogP contribution in [0.5, 0.6) is 0 Å². The summed E-state index contributed by atoms with van der Waals surface area (Å²) < 4.78 is 6.64. The number of rotatable bonds is 15. The SMILES string of the molecule is CC(C)[Si](OC(=O)[C@H](Cc1ccccc1)NC(=O)[C@@H](CC(=O)[C@@H](N)Cc1ccccc1)Cc1ccccc1)(C(C)C)C(C)(C)C. The molecule has 0 unspecified atom stereocenters. The van der Waals surface area contributed by atoms with E-state index in [0.29, 0.717) is 12.8 Å². The Balaban J connectivity index is 1.91. The van der Waals surface area contributed by atoms with Gasteiger partial charge in [0.1, 0.15) is 6.04 Å². The van der Waals surface area contributed by atoms with Crippen LogP contribution in [0.15, 0.2) is 91.0 Å². The highest BCUT2D eigenvalue weighted by atomic mass is 28.4. The third-order valence-corrected chi connectivity index (χ3v) is 15.2. The summed E-state index contributed by atoms with van der Waals surface area (Å²) in [5.41, 5.74) is 9.51. The molecule has 0 aliphatic carbocycles. The van der Waals surface area contributed by atoms with E-state index in [1.165, 1.54) is 0 Å². The fourth-order valence-electron chi connectivity index (χ4n) is 6.89. The molecule has 0 aliphatic rings. The zero-order valence-corrected chi connectivity index (χ0v) is 29.1. The van der Waals surface area contributed by atoms with Gasteiger partial charge in [-0.05, 0) is 45.7 Å². The van der Waals surface area contributed by atoms with E-state index in [1.807, 2.05) is 91.0 Å². The zero-order valence-electron chi connectivity index (χ0n) is 28.1. The largest absolute Gasteiger partial charge is 0.516 e. The zero-order chi connectivity index (χ0) is 33.2. The highest BCUT2D eigenvalue weighted by molar-refractivity contribution is 6.80. The number of amides is 1. The molecule has 7 heteroatoms. The molecule has 0 saturated heterocycles. The van der Waals surface area contributed by atoms with Crippen molar-refractivity contribution in [3.63, 3.8) is 0 Å². The lowest BCUT2D eigenvalue weighted by molar-refractivity contribution is -0.141. The number of benzene rings is 3. The monoisotopic (exact) mass is 628 g/mol. The Kier molecular flexibility index (Phi) is 12.9. The number of hydrogen-bond acceptors (Lipinski definition) is 5. The van der Waals surface area contributed by atoms with Crippen LogP contribution >= 0.6 is 0 Å². The first-order chi connectivity index (χ1) is 21.2. The minimum atomic E-state index is -2.68. The minimum Gasteiger partial charge on any atom is -0.516 e. The van der Waals surface area contributed by atoms with Gasteiger partial charge in [0.15, 0.2) is 5.78 Å². The molecule has 0 aromatic heterocycles. The lowest BCUT2D eigenvalue weighted by Crippen LogP contribution is -2.57. The van der Waals surface area contributed by atoms with Gasteiger partial charge in [-0.1, -0.05) is 139 Å². The molecule has 3 atom stereocenters. The number of carbonyl (C=O) groups excluding carboxylic acids is 3. The van der Waals surface area contributed by atoms with Gasteiger partial charge in [0.05, 0.1) is 6.04 Å². The normalized spacial score (nSPS) is 14.1. The van der Waals surface area contributed by atoms with Crippen LogP contribution in [0.4, 0.5) is 0 Å². The molecule has 0 bridgehead atoms. The maximum absolute atomic E-state index is 14.2. The molecule has 242 valence electrons. The molecule has 0 aliphatic heterocycles. The standard InChI is InChI=1S/C38H52N2O4Si/c1-27(2)45(28(3)4,38(5,6)7)44-37(43)34(25-31-21-15-10-16-22-31)40-36(42)32(23-29-17-11-8-12-18-29)26-35(41)33(39)24-30-19-13-9-14-20-30/h8-22,27-28,32-34H,23-26,39H2,1-7H3,(H,40,42)/t32-,33+,34+/m1/s1. The molecule has 0 spiro atoms. The van der Waals surface area contributed by atoms with Gasteiger partial charge in [-0.25, -0.2) is 0 Å². The number of nitrogens with two attached hydrogens (primary N) is 1. The number of Topliss-reactive ketones (excluding diaryl/α,β-unsaturated/α-hetero) is 1. The van der Waals surface area contributed by atoms with Gasteiger partial charge >= 0.3 is 5.97 Å². The van der Waals surface area contributed by atoms with E-state index in [9.17, 15) is 14.4 Å². The average molecular weight is 629 g/mol. The van der Waals surface area contributed by atoms with Gasteiger partial charge in [-0.3, -0.25) is 14.4 Å². The summed E-state index contributed by atoms with van der Waals surface area (Å²) in [6, 6.07) is 27.3. The predicted octanol–water partition coefficient (Wildman–Crippen LogP) is 7.21. The van der Waals surface area contributed by atoms with E-state index >= 15 is 0 Å². The van der Waals surface area contributed by atoms with E-state index < -0.39 is 32.3 Å². The van der Waals surface area contributed by atoms with Crippen LogP contribution in [-0.2, 0) is 38.1 Å². The summed E-state index contributed by atoms with van der Waals surface area (Å²) in [4.78, 5) is 41.7. The lowest BCUT2D eigenvalue weighted by Gasteiger charge is -2.47. The van der Waals surface area contributed by atoms with Gasteiger partial charge in [0.2, 0.25) is 5.91 Å². The van der Waals surface area contributed by atoms with Gasteiger partial charge in [0, 0.05) is 18.8 Å². The predicted molar refractivity (Wildman–Crippen MR) is 185 cm³/mol. The average Bonchev–Trinajstić information content (AvgIpc) is 2.99. The second kappa shape index (κ2) is 16.1. The third-order valence-electron chi connectivity index (χ3n) is 8.90. The summed E-state index contributed by atoms with van der Waals surface area (Å²) in [7, 11) is -2.68. The van der Waals surface area contributed by atoms with E-state index in [-0.39, 0.29) is 40.7 Å². The van der Waals surface area contributed by atoms with Crippen LogP contribution in [0.2, 0.25) is 16.1 Å². The molecule has 3 rings (SSSR count). The number of ketones is 1. The summed E-state index contributed by atoms with van der Waals surface area (Å²) in [5, 5.41) is 2.83. The van der Waals surface area contributed by atoms with E-state index in [4.69, 9.17) is 10.2 Å². The van der Waals surface area contributed by atoms with Crippen molar-refractivity contribution in [3.8, 4) is 0 Å². The van der Waals surface area contributed by atoms with Gasteiger partial charge < -0.3 is 15.5 Å². The fraction of sp³-hybridized carbons (Fsp3) is 0.447. The number of carbonyl (C=O) groups is 3. The highest BCUT2D eigenvalue weighted by Gasteiger charge is 2.55. The Hall–Kier alpha value is -3.55. The molecule has 1 amide bonds. The molecule has 3 aromatic carbocycles. The third kappa shape index (κ3) is 9.72. The van der Waals surface area contributed by atoms with E-state index in [2.05, 4.69) is 53.8 Å². The first-order valence-corrected chi connectivity index (χ1v) is 18.2. The van der Waals surface area contributed by atoms with Crippen LogP contribution < -0.4 is 11.1 Å². The fourth-order valence-corrected chi connectivity index (χ4v) is 12.9. The molecular formula is C38H52N2O4Si. The Morgan fingerprint density at radius 3 is 1.56 bits per heavy atom. The van der Waals surface area contributed by atoms with Crippen molar-refractivity contribution in [2.24, 2.45) is 11.7 Å². The Morgan fingerprint density at radius 2 is 1.13 bits per heavy atom. The molecule has 3 N–H and O–H groups in total. The molecule has 0 heterocycles. The Bertz CT molecular complexity index is 1360. The van der Waals surface area contributed by atoms with Crippen LogP contribution in [0.25, 0.3) is 0 Å². The van der Waals surface area contributed by atoms with Crippen molar-refractivity contribution in [2.45, 2.75) is 102 Å². The van der Waals surface area contributed by atoms with Crippen LogP contribution in [0.3, 0.4) is 0 Å². The van der Waals surface area contributed by atoms with Gasteiger partial charge in [-0.15, -0.1) is 0 Å². The van der Waals surface area contributed by atoms with E-state index in [1.54, 1.807) is 0 Å². The summed E-state index contributed by atoms with van der Waals surface area (Å²) >= 11 is 0. The second-order valence-electron chi connectivity index (χ2n) is 13.9. The van der Waals surface area contributed by atoms with Gasteiger partial charge in [-0.2, -0.15) is 0 Å². The first-order valence-electron chi connectivity index (χ1n) is 16.2. The number of nitrogens with one attached hydrogen (secondary N) is 1. The Labute approximate surface area is 271 Å². The second-order valence-corrected chi connectivity index (χ2v) is 19.5. The van der Waals surface area contributed by atoms with Crippen molar-refractivity contribution in [2.75, 3.05) is 0 Å². The van der Waals surface area contributed by atoms with Crippen LogP contribution in [0, 0.1) is 5.92 Å². The van der Waals surface area contributed by atoms with E-state index in [0.717, 1.165) is 16.7 Å². The summed E-state index contributed by atoms with van der Waals surface area (Å²) in [5.74, 6) is -1.65. The molecule has 0 fully saturated rings. The maximum atomic E-state index is 14.2. The quantitative estimate of drug-likeness (QED) is 0.173. The lowest BCUT2D eigenvalue weighted by atomic mass is 9.89. The van der Waals surface area contributed by atoms with Gasteiger partial charge in [0.25, 0.3) is 8.32 Å². The molecule has 45 heavy (non-hydrogen) atoms. The van der Waals surface area contributed by atoms with Crippen molar-refractivity contribution in [3.05, 3.63) is 108 Å². The smallest absolute Gasteiger partial charge is 0.315 e. The molecular weight excluding hydrogens is 577 g/mol. The Morgan fingerprint density at radius 1 is 0.711 bits per heavy atom. The summed E-state index contributed by atoms with van der Waals surface area (Å²) in [6.07, 6.45) is 1.00. The molecule has 6 nitrogen and oxygen atoms in total. The van der Waals surface area contributed by atoms with Crippen molar-refractivity contribution >= 4 is 26.0 Å². The molecule has 0 saturated carbocycles. The molecule has 3 aromatic rings. The number of hydrogen-bond donors (Lipinski definition) is 2. The van der Waals surface area contributed by atoms with Crippen molar-refractivity contribution in [1.82, 2.24) is 5.32 Å². The van der Waals surface area contributed by atoms with Crippen molar-refractivity contribution in [1.29, 1.82) is 0 Å². The first kappa shape index (κ1) is 35.9.